The van der Waals surface area contributed by atoms with Gasteiger partial charge in [0.2, 0.25) is 5.96 Å². The van der Waals surface area contributed by atoms with Gasteiger partial charge in [-0.15, -0.1) is 0 Å². The molecule has 0 spiro atoms. The van der Waals surface area contributed by atoms with E-state index in [1.165, 1.54) is 6.92 Å². The summed E-state index contributed by atoms with van der Waals surface area (Å²) < 4.78 is 45.9. The van der Waals surface area contributed by atoms with Crippen LogP contribution in [0.25, 0.3) is 0 Å². The highest BCUT2D eigenvalue weighted by molar-refractivity contribution is 5.93. The van der Waals surface area contributed by atoms with Crippen LogP contribution in [0.2, 0.25) is 0 Å². The maximum Gasteiger partial charge on any atom is 0.216 e. The van der Waals surface area contributed by atoms with Gasteiger partial charge in [0.25, 0.3) is 0 Å². The topological polar surface area (TPSA) is 76.8 Å². The van der Waals surface area contributed by atoms with Crippen LogP contribution in [0.1, 0.15) is 20.7 Å². The quantitative estimate of drug-likeness (QED) is 0.575. The Morgan fingerprint density at radius 3 is 3.00 bits per heavy atom. The van der Waals surface area contributed by atoms with Gasteiger partial charge in [-0.05, 0) is 18.9 Å². The van der Waals surface area contributed by atoms with Gasteiger partial charge in [-0.25, -0.2) is 4.99 Å². The zero-order chi connectivity index (χ0) is 16.4. The maximum atomic E-state index is 7.77. The van der Waals surface area contributed by atoms with E-state index in [1.807, 2.05) is 0 Å². The molecule has 0 aliphatic rings. The van der Waals surface area contributed by atoms with Gasteiger partial charge in [0.05, 0.1) is 14.1 Å². The number of benzene rings is 1. The van der Waals surface area contributed by atoms with Gasteiger partial charge >= 0.3 is 0 Å². The molecule has 4 nitrogen and oxygen atoms in total. The molecule has 0 atom stereocenters. The Morgan fingerprint density at radius 2 is 2.27 bits per heavy atom. The highest BCUT2D eigenvalue weighted by Gasteiger charge is 1.91. The van der Waals surface area contributed by atoms with E-state index in [4.69, 9.17) is 19.7 Å². The summed E-state index contributed by atoms with van der Waals surface area (Å²) in [5.41, 5.74) is 10.7. The molecular weight excluding hydrogens is 188 g/mol. The third-order valence-corrected chi connectivity index (χ3v) is 1.34. The highest BCUT2D eigenvalue weighted by Crippen LogP contribution is 1.99. The minimum Gasteiger partial charge on any atom is -0.387 e. The molecular formula is C11H16N4. The Bertz CT molecular complexity index is 607. The number of aliphatic imine (C=N–C) groups is 2. The molecule has 1 rings (SSSR count). The number of guanidine groups is 1. The summed E-state index contributed by atoms with van der Waals surface area (Å²) in [6.45, 7) is -0.730. The van der Waals surface area contributed by atoms with Crippen molar-refractivity contribution in [2.24, 2.45) is 21.5 Å². The number of rotatable bonds is 3. The van der Waals surface area contributed by atoms with Crippen LogP contribution in [0.15, 0.2) is 40.2 Å². The second kappa shape index (κ2) is 5.80. The molecule has 80 valence electrons. The average molecular weight is 210 g/mol. The molecule has 0 fully saturated rings. The van der Waals surface area contributed by atoms with Crippen LogP contribution in [-0.4, -0.2) is 18.3 Å². The van der Waals surface area contributed by atoms with E-state index in [-0.39, 0.29) is 41.5 Å². The molecule has 1 aromatic carbocycles. The van der Waals surface area contributed by atoms with Crippen molar-refractivity contribution in [3.05, 3.63) is 35.8 Å². The van der Waals surface area contributed by atoms with Crippen LogP contribution in [0.4, 0.5) is 0 Å². The van der Waals surface area contributed by atoms with E-state index in [0.717, 1.165) is 6.07 Å². The fourth-order valence-electron chi connectivity index (χ4n) is 0.807. The van der Waals surface area contributed by atoms with Gasteiger partial charge in [0.15, 0.2) is 0 Å². The fraction of sp³-hybridized carbons (Fsp3) is 0.273. The van der Waals surface area contributed by atoms with Crippen LogP contribution in [0.5, 0.6) is 0 Å². The molecule has 4 N–H and O–H groups in total. The molecule has 0 saturated carbocycles. The zero-order valence-electron chi connectivity index (χ0n) is 14.3. The van der Waals surface area contributed by atoms with Crippen LogP contribution in [0, 0.1) is 0 Å². The minimum absolute atomic E-state index is 0.00833. The largest absolute Gasteiger partial charge is 0.387 e. The van der Waals surface area contributed by atoms with Crippen molar-refractivity contribution < 1.29 is 8.22 Å². The minimum atomic E-state index is -2.20. The van der Waals surface area contributed by atoms with Crippen LogP contribution < -0.4 is 11.5 Å². The van der Waals surface area contributed by atoms with Gasteiger partial charge < -0.3 is 11.5 Å². The third kappa shape index (κ3) is 4.81. The molecule has 1 aromatic rings. The van der Waals surface area contributed by atoms with Crippen LogP contribution in [0.3, 0.4) is 0 Å². The lowest BCUT2D eigenvalue weighted by molar-refractivity contribution is 0.962. The molecule has 0 amide bonds. The molecule has 15 heavy (non-hydrogen) atoms. The lowest BCUT2D eigenvalue weighted by Gasteiger charge is -1.97. The molecule has 0 aliphatic carbocycles. The molecule has 0 aromatic heterocycles. The van der Waals surface area contributed by atoms with Crippen molar-refractivity contribution in [2.75, 3.05) is 6.50 Å². The number of nitrogens with two attached hydrogens (primary N) is 2. The van der Waals surface area contributed by atoms with Crippen molar-refractivity contribution in [3.8, 4) is 0 Å². The Kier molecular flexibility index (Phi) is 2.05. The first-order chi connectivity index (χ1) is 9.53. The van der Waals surface area contributed by atoms with Gasteiger partial charge in [-0.2, -0.15) is 0 Å². The molecule has 0 radical (unpaired) electrons. The number of hydrogen-bond donors (Lipinski definition) is 2. The molecule has 0 saturated heterocycles. The molecule has 0 bridgehead atoms. The van der Waals surface area contributed by atoms with Crippen molar-refractivity contribution in [1.82, 2.24) is 0 Å². The van der Waals surface area contributed by atoms with Crippen molar-refractivity contribution in [1.29, 1.82) is 0 Å². The first-order valence-electron chi connectivity index (χ1n) is 7.26. The number of nitrogens with zero attached hydrogens (tertiary/aromatic N) is 2. The lowest BCUT2D eigenvalue weighted by Crippen LogP contribution is -2.16. The summed E-state index contributed by atoms with van der Waals surface area (Å²) in [6, 6.07) is -0.0489. The normalized spacial score (nSPS) is 19.5. The standard InChI is InChI=1S/C11H16N4/c1-9(12)15-11(13)14-8-7-10-5-3-2-4-6-10/h2-6H,7-8H2,1H3,(H4,12,13,14,15)/i2D,3D,5D,6D,8D2. The molecule has 4 heteroatoms. The Hall–Kier alpha value is -1.84. The van der Waals surface area contributed by atoms with Crippen LogP contribution in [-0.2, 0) is 6.42 Å². The first kappa shape index (κ1) is 5.30. The highest BCUT2D eigenvalue weighted by atomic mass is 15.1. The summed E-state index contributed by atoms with van der Waals surface area (Å²) in [5.74, 6) is -0.220. The molecule has 0 heterocycles. The van der Waals surface area contributed by atoms with Crippen molar-refractivity contribution in [2.45, 2.75) is 13.3 Å². The summed E-state index contributed by atoms with van der Waals surface area (Å²) in [7, 11) is 0. The van der Waals surface area contributed by atoms with Crippen LogP contribution >= 0.6 is 0 Å². The third-order valence-electron chi connectivity index (χ3n) is 1.34. The second-order valence-electron chi connectivity index (χ2n) is 2.72. The van der Waals surface area contributed by atoms with Gasteiger partial charge in [0.1, 0.15) is 0 Å². The Labute approximate surface area is 98.2 Å². The van der Waals surface area contributed by atoms with E-state index in [1.54, 1.807) is 0 Å². The van der Waals surface area contributed by atoms with E-state index in [9.17, 15) is 0 Å². The zero-order valence-corrected chi connectivity index (χ0v) is 8.33. The summed E-state index contributed by atoms with van der Waals surface area (Å²) in [5, 5.41) is 0. The second-order valence-corrected chi connectivity index (χ2v) is 2.72. The Morgan fingerprint density at radius 1 is 1.47 bits per heavy atom. The molecule has 0 aliphatic heterocycles. The Balaban J connectivity index is 3.16. The molecule has 0 unspecified atom stereocenters. The lowest BCUT2D eigenvalue weighted by atomic mass is 10.2. The number of hydrogen-bond acceptors (Lipinski definition) is 1. The van der Waals surface area contributed by atoms with E-state index < -0.39 is 12.9 Å². The van der Waals surface area contributed by atoms with Crippen molar-refractivity contribution in [3.63, 3.8) is 0 Å². The summed E-state index contributed by atoms with van der Waals surface area (Å²) >= 11 is 0. The van der Waals surface area contributed by atoms with E-state index in [2.05, 4.69) is 9.98 Å². The summed E-state index contributed by atoms with van der Waals surface area (Å²) in [4.78, 5) is 7.17. The van der Waals surface area contributed by atoms with E-state index >= 15 is 0 Å². The summed E-state index contributed by atoms with van der Waals surface area (Å²) in [6.07, 6.45) is -0.420. The van der Waals surface area contributed by atoms with Crippen molar-refractivity contribution >= 4 is 11.8 Å². The van der Waals surface area contributed by atoms with Gasteiger partial charge in [0, 0.05) is 6.50 Å². The van der Waals surface area contributed by atoms with E-state index in [0.29, 0.717) is 0 Å². The monoisotopic (exact) mass is 210 g/mol. The average Bonchev–Trinajstić information content (AvgIpc) is 2.30. The van der Waals surface area contributed by atoms with Gasteiger partial charge in [-0.3, -0.25) is 4.99 Å². The SMILES string of the molecule is [2H]c1cc([2H])c(CC([2H])([2H])N=C(N)N=C(C)N)c([2H])c1[2H]. The number of amidine groups is 1. The predicted molar refractivity (Wildman–Crippen MR) is 63.9 cm³/mol. The predicted octanol–water partition coefficient (Wildman–Crippen LogP) is 0.921. The smallest absolute Gasteiger partial charge is 0.216 e. The van der Waals surface area contributed by atoms with Gasteiger partial charge in [-0.1, -0.05) is 30.2 Å². The first-order valence-corrected chi connectivity index (χ1v) is 4.26. The fourth-order valence-corrected chi connectivity index (χ4v) is 0.807. The maximum absolute atomic E-state index is 7.77.